The van der Waals surface area contributed by atoms with Crippen LogP contribution in [-0.2, 0) is 11.8 Å². The lowest BCUT2D eigenvalue weighted by Gasteiger charge is -2.14. The molecule has 1 aromatic rings. The van der Waals surface area contributed by atoms with E-state index >= 15 is 0 Å². The van der Waals surface area contributed by atoms with Crippen molar-refractivity contribution in [2.24, 2.45) is 7.05 Å². The molecule has 7 heteroatoms. The van der Waals surface area contributed by atoms with Gasteiger partial charge in [0.05, 0.1) is 5.75 Å². The second-order valence-corrected chi connectivity index (χ2v) is 3.98. The summed E-state index contributed by atoms with van der Waals surface area (Å²) < 4.78 is 1.79. The van der Waals surface area contributed by atoms with Crippen molar-refractivity contribution in [3.63, 3.8) is 0 Å². The van der Waals surface area contributed by atoms with Crippen molar-refractivity contribution in [1.29, 1.82) is 0 Å². The van der Waals surface area contributed by atoms with Gasteiger partial charge in [0.1, 0.15) is 0 Å². The number of aliphatic carboxylic acids is 1. The molecule has 15 heavy (non-hydrogen) atoms. The minimum absolute atomic E-state index is 0.00180. The van der Waals surface area contributed by atoms with Crippen LogP contribution in [0.15, 0.2) is 5.16 Å². The standard InChI is InChI=1S/C8H14N4O2S/c1-4-11(2)7-9-10-8(12(7)3)15-5-6(13)14/h4-5H2,1-3H3,(H,13,14). The fourth-order valence-electron chi connectivity index (χ4n) is 1.03. The molecule has 6 nitrogen and oxygen atoms in total. The molecule has 0 bridgehead atoms. The lowest BCUT2D eigenvalue weighted by atomic mass is 10.6. The Kier molecular flexibility index (Phi) is 3.96. The average Bonchev–Trinajstić information content (AvgIpc) is 2.56. The van der Waals surface area contributed by atoms with E-state index in [1.54, 1.807) is 4.57 Å². The first-order valence-electron chi connectivity index (χ1n) is 4.51. The van der Waals surface area contributed by atoms with E-state index in [2.05, 4.69) is 10.2 Å². The first kappa shape index (κ1) is 11.8. The van der Waals surface area contributed by atoms with Crippen LogP contribution in [0.4, 0.5) is 5.95 Å². The highest BCUT2D eigenvalue weighted by Crippen LogP contribution is 2.19. The third-order valence-corrected chi connectivity index (χ3v) is 2.96. The Morgan fingerprint density at radius 1 is 1.60 bits per heavy atom. The van der Waals surface area contributed by atoms with Crippen molar-refractivity contribution < 1.29 is 9.90 Å². The number of hydrogen-bond acceptors (Lipinski definition) is 5. The highest BCUT2D eigenvalue weighted by molar-refractivity contribution is 7.99. The third kappa shape index (κ3) is 2.85. The topological polar surface area (TPSA) is 71.2 Å². The zero-order valence-electron chi connectivity index (χ0n) is 8.97. The summed E-state index contributed by atoms with van der Waals surface area (Å²) in [6, 6.07) is 0. The number of rotatable bonds is 5. The van der Waals surface area contributed by atoms with E-state index in [9.17, 15) is 4.79 Å². The van der Waals surface area contributed by atoms with Crippen LogP contribution in [0.1, 0.15) is 6.92 Å². The van der Waals surface area contributed by atoms with Crippen LogP contribution in [-0.4, -0.2) is 45.2 Å². The van der Waals surface area contributed by atoms with Crippen molar-refractivity contribution in [3.8, 4) is 0 Å². The number of nitrogens with zero attached hydrogens (tertiary/aromatic N) is 4. The normalized spacial score (nSPS) is 10.3. The van der Waals surface area contributed by atoms with E-state index < -0.39 is 5.97 Å². The molecule has 0 spiro atoms. The average molecular weight is 230 g/mol. The minimum atomic E-state index is -0.853. The number of carboxylic acid groups (broad SMARTS) is 1. The van der Waals surface area contributed by atoms with Crippen LogP contribution in [0.25, 0.3) is 0 Å². The monoisotopic (exact) mass is 230 g/mol. The second-order valence-electron chi connectivity index (χ2n) is 3.04. The molecule has 0 saturated carbocycles. The van der Waals surface area contributed by atoms with E-state index in [0.29, 0.717) is 5.16 Å². The van der Waals surface area contributed by atoms with Gasteiger partial charge in [-0.25, -0.2) is 0 Å². The van der Waals surface area contributed by atoms with Crippen LogP contribution in [0.5, 0.6) is 0 Å². The molecule has 1 N–H and O–H groups in total. The fraction of sp³-hybridized carbons (Fsp3) is 0.625. The predicted octanol–water partition coefficient (Wildman–Crippen LogP) is 0.448. The van der Waals surface area contributed by atoms with Crippen molar-refractivity contribution >= 4 is 23.7 Å². The van der Waals surface area contributed by atoms with Gasteiger partial charge in [0.15, 0.2) is 5.16 Å². The zero-order valence-corrected chi connectivity index (χ0v) is 9.78. The number of thioether (sulfide) groups is 1. The van der Waals surface area contributed by atoms with Crippen LogP contribution >= 0.6 is 11.8 Å². The number of anilines is 1. The largest absolute Gasteiger partial charge is 0.481 e. The molecule has 0 atom stereocenters. The summed E-state index contributed by atoms with van der Waals surface area (Å²) in [6.45, 7) is 2.84. The molecule has 0 saturated heterocycles. The van der Waals surface area contributed by atoms with Gasteiger partial charge in [-0.1, -0.05) is 11.8 Å². The molecule has 0 aliphatic heterocycles. The molecule has 0 aliphatic carbocycles. The molecule has 1 rings (SSSR count). The van der Waals surface area contributed by atoms with E-state index in [0.717, 1.165) is 12.5 Å². The second kappa shape index (κ2) is 5.01. The third-order valence-electron chi connectivity index (χ3n) is 1.95. The molecule has 1 heterocycles. The van der Waals surface area contributed by atoms with Gasteiger partial charge >= 0.3 is 5.97 Å². The molecular weight excluding hydrogens is 216 g/mol. The maximum Gasteiger partial charge on any atom is 0.313 e. The first-order chi connectivity index (χ1) is 7.06. The van der Waals surface area contributed by atoms with Crippen molar-refractivity contribution in [2.75, 3.05) is 24.2 Å². The zero-order chi connectivity index (χ0) is 11.4. The van der Waals surface area contributed by atoms with Crippen molar-refractivity contribution in [3.05, 3.63) is 0 Å². The summed E-state index contributed by atoms with van der Waals surface area (Å²) in [7, 11) is 3.74. The Hall–Kier alpha value is -1.24. The summed E-state index contributed by atoms with van der Waals surface area (Å²) in [6.07, 6.45) is 0. The number of carboxylic acids is 1. The van der Waals surface area contributed by atoms with Crippen LogP contribution in [0.3, 0.4) is 0 Å². The van der Waals surface area contributed by atoms with Gasteiger partial charge in [-0.3, -0.25) is 9.36 Å². The Morgan fingerprint density at radius 3 is 2.80 bits per heavy atom. The Labute approximate surface area is 92.3 Å². The van der Waals surface area contributed by atoms with Crippen molar-refractivity contribution in [1.82, 2.24) is 14.8 Å². The summed E-state index contributed by atoms with van der Waals surface area (Å²) in [5, 5.41) is 17.1. The van der Waals surface area contributed by atoms with E-state index in [4.69, 9.17) is 5.11 Å². The number of aromatic nitrogens is 3. The van der Waals surface area contributed by atoms with Gasteiger partial charge in [-0.05, 0) is 6.92 Å². The van der Waals surface area contributed by atoms with Crippen LogP contribution < -0.4 is 4.90 Å². The van der Waals surface area contributed by atoms with Crippen molar-refractivity contribution in [2.45, 2.75) is 12.1 Å². The Morgan fingerprint density at radius 2 is 2.27 bits per heavy atom. The fourth-order valence-corrected chi connectivity index (χ4v) is 1.66. The summed E-state index contributed by atoms with van der Waals surface area (Å²) in [5.74, 6) is -0.110. The van der Waals surface area contributed by atoms with Gasteiger partial charge in [0.2, 0.25) is 5.95 Å². The SMILES string of the molecule is CCN(C)c1nnc(SCC(=O)O)n1C. The molecule has 0 unspecified atom stereocenters. The first-order valence-corrected chi connectivity index (χ1v) is 5.50. The highest BCUT2D eigenvalue weighted by Gasteiger charge is 2.12. The lowest BCUT2D eigenvalue weighted by Crippen LogP contribution is -2.19. The maximum atomic E-state index is 10.4. The van der Waals surface area contributed by atoms with E-state index in [1.165, 1.54) is 11.8 Å². The van der Waals surface area contributed by atoms with Gasteiger partial charge in [0, 0.05) is 20.6 Å². The summed E-state index contributed by atoms with van der Waals surface area (Å²) in [4.78, 5) is 12.3. The highest BCUT2D eigenvalue weighted by atomic mass is 32.2. The van der Waals surface area contributed by atoms with Crippen LogP contribution in [0.2, 0.25) is 0 Å². The Bertz CT molecular complexity index is 352. The quantitative estimate of drug-likeness (QED) is 0.740. The number of carbonyl (C=O) groups is 1. The van der Waals surface area contributed by atoms with Crippen LogP contribution in [0, 0.1) is 0 Å². The van der Waals surface area contributed by atoms with Gasteiger partial charge < -0.3 is 10.0 Å². The minimum Gasteiger partial charge on any atom is -0.481 e. The lowest BCUT2D eigenvalue weighted by molar-refractivity contribution is -0.133. The molecule has 1 aromatic heterocycles. The van der Waals surface area contributed by atoms with E-state index in [1.807, 2.05) is 25.9 Å². The molecule has 0 amide bonds. The van der Waals surface area contributed by atoms with Gasteiger partial charge in [-0.15, -0.1) is 10.2 Å². The maximum absolute atomic E-state index is 10.4. The summed E-state index contributed by atoms with van der Waals surface area (Å²) in [5.41, 5.74) is 0. The molecule has 0 fully saturated rings. The van der Waals surface area contributed by atoms with Gasteiger partial charge in [-0.2, -0.15) is 0 Å². The molecule has 0 radical (unpaired) electrons. The number of hydrogen-bond donors (Lipinski definition) is 1. The molecule has 0 aromatic carbocycles. The molecular formula is C8H14N4O2S. The molecule has 84 valence electrons. The molecule has 0 aliphatic rings. The smallest absolute Gasteiger partial charge is 0.313 e. The summed E-state index contributed by atoms with van der Waals surface area (Å²) >= 11 is 1.17. The van der Waals surface area contributed by atoms with Gasteiger partial charge in [0.25, 0.3) is 0 Å². The Balaban J connectivity index is 2.75. The predicted molar refractivity (Wildman–Crippen MR) is 58.3 cm³/mol. The van der Waals surface area contributed by atoms with E-state index in [-0.39, 0.29) is 5.75 Å².